The third-order valence-corrected chi connectivity index (χ3v) is 2.62. The van der Waals surface area contributed by atoms with Gasteiger partial charge in [0.25, 0.3) is 0 Å². The third kappa shape index (κ3) is 3.13. The van der Waals surface area contributed by atoms with Crippen molar-refractivity contribution in [3.8, 4) is 0 Å². The van der Waals surface area contributed by atoms with Crippen molar-refractivity contribution in [2.45, 2.75) is 51.9 Å². The number of hydrogen-bond donors (Lipinski definition) is 0. The lowest BCUT2D eigenvalue weighted by Crippen LogP contribution is -2.40. The molecule has 1 fully saturated rings. The van der Waals surface area contributed by atoms with Crippen LogP contribution in [0.1, 0.15) is 51.9 Å². The lowest BCUT2D eigenvalue weighted by Gasteiger charge is -2.21. The molecule has 80 valence electrons. The molecule has 1 aliphatic heterocycles. The molecule has 0 aromatic rings. The van der Waals surface area contributed by atoms with E-state index in [1.165, 1.54) is 25.7 Å². The molecule has 0 radical (unpaired) electrons. The largest absolute Gasteiger partial charge is 0.392 e. The molecule has 0 aromatic carbocycles. The fraction of sp³-hybridized carbons (Fsp3) is 0.818. The predicted octanol–water partition coefficient (Wildman–Crippen LogP) is 2.44. The molecule has 0 saturated carbocycles. The zero-order chi connectivity index (χ0) is 10.4. The van der Waals surface area contributed by atoms with Crippen LogP contribution in [0.25, 0.3) is 0 Å². The van der Waals surface area contributed by atoms with Crippen molar-refractivity contribution in [3.05, 3.63) is 0 Å². The Bertz CT molecular complexity index is 197. The summed E-state index contributed by atoms with van der Waals surface area (Å²) < 4.78 is 4.27. The van der Waals surface area contributed by atoms with Crippen molar-refractivity contribution in [1.82, 2.24) is 0 Å². The molecule has 0 N–H and O–H groups in total. The molecule has 14 heavy (non-hydrogen) atoms. The molecule has 1 heterocycles. The maximum absolute atomic E-state index is 10.8. The lowest BCUT2D eigenvalue weighted by atomic mass is 9.97. The minimum Gasteiger partial charge on any atom is -0.392 e. The highest BCUT2D eigenvalue weighted by molar-refractivity contribution is 6.09. The number of ether oxygens (including phenoxy) is 1. The highest BCUT2D eigenvalue weighted by Gasteiger charge is 2.40. The number of carbonyl (C=O) groups is 2. The van der Waals surface area contributed by atoms with E-state index in [1.807, 2.05) is 0 Å². The molecule has 1 aliphatic rings. The molecule has 1 rings (SSSR count). The van der Waals surface area contributed by atoms with Gasteiger partial charge in [-0.3, -0.25) is 9.59 Å². The second kappa shape index (κ2) is 5.78. The van der Waals surface area contributed by atoms with Gasteiger partial charge in [0.2, 0.25) is 0 Å². The minimum atomic E-state index is -0.429. The smallest absolute Gasteiger partial charge is 0.328 e. The summed E-state index contributed by atoms with van der Waals surface area (Å²) in [5.74, 6) is -1.09. The highest BCUT2D eigenvalue weighted by Crippen LogP contribution is 2.21. The number of carbonyl (C=O) groups excluding carboxylic acids is 2. The summed E-state index contributed by atoms with van der Waals surface area (Å²) in [5, 5.41) is 0. The Labute approximate surface area is 84.8 Å². The van der Waals surface area contributed by atoms with Crippen LogP contribution < -0.4 is 0 Å². The quantitative estimate of drug-likeness (QED) is 0.358. The number of cyclic esters (lactones) is 2. The van der Waals surface area contributed by atoms with Gasteiger partial charge in [-0.15, -0.1) is 0 Å². The summed E-state index contributed by atoms with van der Waals surface area (Å²) in [5.41, 5.74) is 0. The second-order valence-electron chi connectivity index (χ2n) is 3.85. The molecule has 0 unspecified atom stereocenters. The van der Waals surface area contributed by atoms with Gasteiger partial charge in [-0.2, -0.15) is 0 Å². The Balaban J connectivity index is 1.93. The number of unbranched alkanes of at least 4 members (excludes halogenated alkanes) is 5. The molecule has 0 aliphatic carbocycles. The van der Waals surface area contributed by atoms with Gasteiger partial charge in [-0.05, 0) is 6.42 Å². The SMILES string of the molecule is CCCCCCCCC1C(=O)OC1=O. The van der Waals surface area contributed by atoms with E-state index in [1.54, 1.807) is 0 Å². The van der Waals surface area contributed by atoms with Crippen molar-refractivity contribution in [1.29, 1.82) is 0 Å². The number of esters is 2. The fourth-order valence-electron chi connectivity index (χ4n) is 1.64. The second-order valence-corrected chi connectivity index (χ2v) is 3.85. The van der Waals surface area contributed by atoms with Crippen molar-refractivity contribution < 1.29 is 14.3 Å². The summed E-state index contributed by atoms with van der Waals surface area (Å²) in [6.45, 7) is 2.18. The van der Waals surface area contributed by atoms with Crippen LogP contribution >= 0.6 is 0 Å². The molecular weight excluding hydrogens is 180 g/mol. The Hall–Kier alpha value is -0.860. The summed E-state index contributed by atoms with van der Waals surface area (Å²) in [7, 11) is 0. The van der Waals surface area contributed by atoms with Crippen molar-refractivity contribution in [3.63, 3.8) is 0 Å². The average Bonchev–Trinajstić information content (AvgIpc) is 2.16. The first-order chi connectivity index (χ1) is 6.75. The van der Waals surface area contributed by atoms with Crippen LogP contribution in [-0.4, -0.2) is 11.9 Å². The maximum atomic E-state index is 10.8. The molecule has 1 saturated heterocycles. The number of rotatable bonds is 7. The molecule has 0 spiro atoms. The normalized spacial score (nSPS) is 16.6. The van der Waals surface area contributed by atoms with E-state index >= 15 is 0 Å². The third-order valence-electron chi connectivity index (χ3n) is 2.62. The fourth-order valence-corrected chi connectivity index (χ4v) is 1.64. The van der Waals surface area contributed by atoms with Crippen LogP contribution in [0.4, 0.5) is 0 Å². The molecule has 3 nitrogen and oxygen atoms in total. The summed E-state index contributed by atoms with van der Waals surface area (Å²) in [6.07, 6.45) is 7.78. The van der Waals surface area contributed by atoms with Crippen molar-refractivity contribution >= 4 is 11.9 Å². The van der Waals surface area contributed by atoms with Crippen LogP contribution in [0.3, 0.4) is 0 Å². The van der Waals surface area contributed by atoms with Gasteiger partial charge < -0.3 is 4.74 Å². The molecule has 0 bridgehead atoms. The van der Waals surface area contributed by atoms with Gasteiger partial charge in [0.05, 0.1) is 0 Å². The van der Waals surface area contributed by atoms with Gasteiger partial charge in [0, 0.05) is 0 Å². The molecular formula is C11H18O3. The minimum absolute atomic E-state index is 0.330. The van der Waals surface area contributed by atoms with Crippen LogP contribution in [0.5, 0.6) is 0 Å². The van der Waals surface area contributed by atoms with Gasteiger partial charge in [-0.1, -0.05) is 45.4 Å². The van der Waals surface area contributed by atoms with E-state index in [2.05, 4.69) is 11.7 Å². The zero-order valence-corrected chi connectivity index (χ0v) is 8.75. The van der Waals surface area contributed by atoms with E-state index in [9.17, 15) is 9.59 Å². The Morgan fingerprint density at radius 2 is 1.57 bits per heavy atom. The van der Waals surface area contributed by atoms with Gasteiger partial charge in [-0.25, -0.2) is 0 Å². The van der Waals surface area contributed by atoms with Crippen LogP contribution in [0.15, 0.2) is 0 Å². The Morgan fingerprint density at radius 3 is 2.14 bits per heavy atom. The summed E-state index contributed by atoms with van der Waals surface area (Å²) in [4.78, 5) is 21.5. The van der Waals surface area contributed by atoms with E-state index in [-0.39, 0.29) is 11.9 Å². The van der Waals surface area contributed by atoms with Crippen LogP contribution in [0.2, 0.25) is 0 Å². The van der Waals surface area contributed by atoms with Gasteiger partial charge >= 0.3 is 11.9 Å². The zero-order valence-electron chi connectivity index (χ0n) is 8.75. The summed E-state index contributed by atoms with van der Waals surface area (Å²) >= 11 is 0. The lowest BCUT2D eigenvalue weighted by molar-refractivity contribution is -0.184. The number of hydrogen-bond acceptors (Lipinski definition) is 3. The van der Waals surface area contributed by atoms with E-state index in [4.69, 9.17) is 0 Å². The van der Waals surface area contributed by atoms with Crippen LogP contribution in [-0.2, 0) is 14.3 Å². The molecule has 0 aromatic heterocycles. The molecule has 0 amide bonds. The predicted molar refractivity (Wildman–Crippen MR) is 52.6 cm³/mol. The summed E-state index contributed by atoms with van der Waals surface area (Å²) in [6, 6.07) is 0. The van der Waals surface area contributed by atoms with Crippen molar-refractivity contribution in [2.75, 3.05) is 0 Å². The first-order valence-electron chi connectivity index (χ1n) is 5.51. The monoisotopic (exact) mass is 198 g/mol. The topological polar surface area (TPSA) is 43.4 Å². The van der Waals surface area contributed by atoms with Gasteiger partial charge in [0.15, 0.2) is 5.92 Å². The van der Waals surface area contributed by atoms with Crippen LogP contribution in [0, 0.1) is 5.92 Å². The molecule has 0 atom stereocenters. The average molecular weight is 198 g/mol. The molecule has 3 heteroatoms. The van der Waals surface area contributed by atoms with E-state index in [0.717, 1.165) is 12.8 Å². The van der Waals surface area contributed by atoms with Gasteiger partial charge in [0.1, 0.15) is 0 Å². The van der Waals surface area contributed by atoms with Crippen molar-refractivity contribution in [2.24, 2.45) is 5.92 Å². The van der Waals surface area contributed by atoms with E-state index < -0.39 is 5.92 Å². The Morgan fingerprint density at radius 1 is 1.00 bits per heavy atom. The Kier molecular flexibility index (Phi) is 4.63. The highest BCUT2D eigenvalue weighted by atomic mass is 16.6. The van der Waals surface area contributed by atoms with E-state index in [0.29, 0.717) is 6.42 Å². The maximum Gasteiger partial charge on any atom is 0.328 e. The standard InChI is InChI=1S/C11H18O3/c1-2-3-4-5-6-7-8-9-10(12)14-11(9)13/h9H,2-8H2,1H3. The first-order valence-corrected chi connectivity index (χ1v) is 5.51. The first kappa shape index (κ1) is 11.2.